The third-order valence-corrected chi connectivity index (χ3v) is 2.48. The molecule has 74 valence electrons. The Balaban J connectivity index is 3.29. The van der Waals surface area contributed by atoms with Crippen molar-refractivity contribution < 1.29 is 17.8 Å². The Labute approximate surface area is 81.6 Å². The van der Waals surface area contributed by atoms with E-state index >= 15 is 0 Å². The predicted molar refractivity (Wildman–Crippen MR) is 52.0 cm³/mol. The van der Waals surface area contributed by atoms with Crippen molar-refractivity contribution in [2.75, 3.05) is 0 Å². The summed E-state index contributed by atoms with van der Waals surface area (Å²) in [5.41, 5.74) is 0.280. The number of hydrogen-bond acceptors (Lipinski definition) is 3. The lowest BCUT2D eigenvalue weighted by Gasteiger charge is -2.01. The van der Waals surface area contributed by atoms with Gasteiger partial charge in [0.15, 0.2) is 0 Å². The van der Waals surface area contributed by atoms with Gasteiger partial charge in [0.25, 0.3) is 10.1 Å². The number of benzene rings is 1. The first-order valence-corrected chi connectivity index (χ1v) is 5.18. The van der Waals surface area contributed by atoms with E-state index in [0.29, 0.717) is 6.29 Å². The molecule has 1 aromatic carbocycles. The van der Waals surface area contributed by atoms with Crippen LogP contribution in [0.3, 0.4) is 0 Å². The maximum atomic E-state index is 10.9. The van der Waals surface area contributed by atoms with E-state index in [2.05, 4.69) is 0 Å². The standard InChI is InChI=1S/C9H8O4S/c10-7-6-9(14(11,12)13)8-4-2-1-3-5-8/h1-7H,(H,11,12,13). The number of hydrogen-bond donors (Lipinski definition) is 1. The average molecular weight is 212 g/mol. The van der Waals surface area contributed by atoms with Crippen molar-refractivity contribution in [3.05, 3.63) is 42.0 Å². The summed E-state index contributed by atoms with van der Waals surface area (Å²) in [4.78, 5) is 9.79. The third kappa shape index (κ3) is 2.51. The average Bonchev–Trinajstić information content (AvgIpc) is 2.14. The number of carbonyl (C=O) groups excluding carboxylic acids is 1. The Morgan fingerprint density at radius 3 is 2.21 bits per heavy atom. The van der Waals surface area contributed by atoms with Crippen LogP contribution in [0, 0.1) is 0 Å². The Hall–Kier alpha value is -1.46. The lowest BCUT2D eigenvalue weighted by molar-refractivity contribution is -0.104. The maximum Gasteiger partial charge on any atom is 0.295 e. The Bertz CT molecular complexity index is 445. The van der Waals surface area contributed by atoms with Gasteiger partial charge in [0.2, 0.25) is 0 Å². The van der Waals surface area contributed by atoms with Crippen LogP contribution in [0.5, 0.6) is 0 Å². The van der Waals surface area contributed by atoms with Crippen LogP contribution >= 0.6 is 0 Å². The first kappa shape index (κ1) is 10.6. The van der Waals surface area contributed by atoms with E-state index in [1.807, 2.05) is 0 Å². The van der Waals surface area contributed by atoms with Gasteiger partial charge in [-0.3, -0.25) is 9.35 Å². The first-order chi connectivity index (χ1) is 6.55. The van der Waals surface area contributed by atoms with E-state index in [1.54, 1.807) is 18.2 Å². The minimum atomic E-state index is -4.35. The molecule has 0 unspecified atom stereocenters. The van der Waals surface area contributed by atoms with E-state index in [0.717, 1.165) is 6.08 Å². The topological polar surface area (TPSA) is 71.4 Å². The summed E-state index contributed by atoms with van der Waals surface area (Å²) in [6, 6.07) is 7.90. The second-order valence-electron chi connectivity index (χ2n) is 2.51. The van der Waals surface area contributed by atoms with Gasteiger partial charge in [0.1, 0.15) is 11.2 Å². The highest BCUT2D eigenvalue weighted by Crippen LogP contribution is 2.18. The monoisotopic (exact) mass is 212 g/mol. The molecule has 0 fully saturated rings. The molecule has 5 heteroatoms. The van der Waals surface area contributed by atoms with Crippen molar-refractivity contribution in [1.29, 1.82) is 0 Å². The van der Waals surface area contributed by atoms with Crippen molar-refractivity contribution in [1.82, 2.24) is 0 Å². The molecule has 0 aliphatic heterocycles. The molecular weight excluding hydrogens is 204 g/mol. The van der Waals surface area contributed by atoms with Crippen LogP contribution in [0.15, 0.2) is 36.4 Å². The highest BCUT2D eigenvalue weighted by atomic mass is 32.2. The van der Waals surface area contributed by atoms with E-state index in [4.69, 9.17) is 4.55 Å². The fraction of sp³-hybridized carbons (Fsp3) is 0. The second kappa shape index (κ2) is 4.17. The van der Waals surface area contributed by atoms with Gasteiger partial charge >= 0.3 is 0 Å². The molecular formula is C9H8O4S. The molecule has 0 spiro atoms. The molecule has 0 atom stereocenters. The normalized spacial score (nSPS) is 12.5. The zero-order valence-electron chi connectivity index (χ0n) is 7.12. The highest BCUT2D eigenvalue weighted by molar-refractivity contribution is 7.95. The minimum absolute atomic E-state index is 0.280. The van der Waals surface area contributed by atoms with Crippen molar-refractivity contribution in [3.8, 4) is 0 Å². The number of rotatable bonds is 3. The number of allylic oxidation sites excluding steroid dienone is 1. The third-order valence-electron chi connectivity index (χ3n) is 1.56. The largest absolute Gasteiger partial charge is 0.299 e. The Morgan fingerprint density at radius 2 is 1.79 bits per heavy atom. The molecule has 0 saturated heterocycles. The number of carbonyl (C=O) groups is 1. The summed E-state index contributed by atoms with van der Waals surface area (Å²) >= 11 is 0. The predicted octanol–water partition coefficient (Wildman–Crippen LogP) is 1.11. The van der Waals surface area contributed by atoms with E-state index in [1.165, 1.54) is 12.1 Å². The molecule has 0 saturated carbocycles. The van der Waals surface area contributed by atoms with Crippen LogP contribution in [-0.4, -0.2) is 19.3 Å². The molecule has 14 heavy (non-hydrogen) atoms. The van der Waals surface area contributed by atoms with Crippen LogP contribution < -0.4 is 0 Å². The van der Waals surface area contributed by atoms with Crippen LogP contribution in [0.25, 0.3) is 4.91 Å². The highest BCUT2D eigenvalue weighted by Gasteiger charge is 2.14. The molecule has 0 aromatic heterocycles. The lowest BCUT2D eigenvalue weighted by atomic mass is 10.2. The van der Waals surface area contributed by atoms with Gasteiger partial charge in [-0.2, -0.15) is 8.42 Å². The van der Waals surface area contributed by atoms with Gasteiger partial charge < -0.3 is 0 Å². The van der Waals surface area contributed by atoms with Gasteiger partial charge in [0, 0.05) is 0 Å². The van der Waals surface area contributed by atoms with Crippen molar-refractivity contribution in [2.45, 2.75) is 0 Å². The molecule has 0 aliphatic carbocycles. The van der Waals surface area contributed by atoms with Gasteiger partial charge in [-0.25, -0.2) is 0 Å². The quantitative estimate of drug-likeness (QED) is 0.463. The van der Waals surface area contributed by atoms with Crippen molar-refractivity contribution >= 4 is 21.3 Å². The number of aldehydes is 1. The minimum Gasteiger partial charge on any atom is -0.299 e. The van der Waals surface area contributed by atoms with E-state index in [9.17, 15) is 13.2 Å². The molecule has 1 aromatic rings. The van der Waals surface area contributed by atoms with Gasteiger partial charge in [-0.15, -0.1) is 0 Å². The Morgan fingerprint density at radius 1 is 1.21 bits per heavy atom. The summed E-state index contributed by atoms with van der Waals surface area (Å²) in [5.74, 6) is 0. The van der Waals surface area contributed by atoms with Crippen LogP contribution in [-0.2, 0) is 14.9 Å². The summed E-state index contributed by atoms with van der Waals surface area (Å²) < 4.78 is 30.5. The Kier molecular flexibility index (Phi) is 3.16. The lowest BCUT2D eigenvalue weighted by Crippen LogP contribution is -2.01. The maximum absolute atomic E-state index is 10.9. The smallest absolute Gasteiger partial charge is 0.295 e. The molecule has 0 radical (unpaired) electrons. The van der Waals surface area contributed by atoms with E-state index < -0.39 is 15.0 Å². The van der Waals surface area contributed by atoms with Gasteiger partial charge in [0.05, 0.1) is 0 Å². The van der Waals surface area contributed by atoms with E-state index in [-0.39, 0.29) is 5.56 Å². The molecule has 0 aliphatic rings. The summed E-state index contributed by atoms with van der Waals surface area (Å²) in [5, 5.41) is 0. The van der Waals surface area contributed by atoms with Gasteiger partial charge in [-0.05, 0) is 11.6 Å². The zero-order chi connectivity index (χ0) is 10.6. The summed E-state index contributed by atoms with van der Waals surface area (Å²) in [7, 11) is -4.35. The zero-order valence-corrected chi connectivity index (χ0v) is 7.94. The first-order valence-electron chi connectivity index (χ1n) is 3.74. The molecule has 0 heterocycles. The molecule has 0 bridgehead atoms. The van der Waals surface area contributed by atoms with Crippen LogP contribution in [0.2, 0.25) is 0 Å². The van der Waals surface area contributed by atoms with Crippen LogP contribution in [0.4, 0.5) is 0 Å². The second-order valence-corrected chi connectivity index (χ2v) is 3.90. The van der Waals surface area contributed by atoms with Gasteiger partial charge in [-0.1, -0.05) is 30.3 Å². The van der Waals surface area contributed by atoms with Crippen molar-refractivity contribution in [3.63, 3.8) is 0 Å². The fourth-order valence-electron chi connectivity index (χ4n) is 0.995. The molecule has 1 N–H and O–H groups in total. The van der Waals surface area contributed by atoms with Crippen LogP contribution in [0.1, 0.15) is 5.56 Å². The summed E-state index contributed by atoms with van der Waals surface area (Å²) in [6.45, 7) is 0. The SMILES string of the molecule is O=CC=C(c1ccccc1)S(=O)(=O)O. The summed E-state index contributed by atoms with van der Waals surface area (Å²) in [6.07, 6.45) is 1.13. The fourth-order valence-corrected chi connectivity index (χ4v) is 1.66. The molecule has 4 nitrogen and oxygen atoms in total. The van der Waals surface area contributed by atoms with Crippen molar-refractivity contribution in [2.24, 2.45) is 0 Å². The molecule has 0 amide bonds. The molecule has 1 rings (SSSR count).